The Morgan fingerprint density at radius 1 is 0.828 bits per heavy atom. The standard InChI is InChI=1S/C23H17N5O/c1-29-17-8-9-20-19(11-17)23(28-22(26-20)16-6-4-10-24-13-16)27-21-14-25-12-15-5-2-3-7-18(15)21/h2-14H,1H3,(H,26,27,28). The van der Waals surface area contributed by atoms with Gasteiger partial charge in [0.2, 0.25) is 0 Å². The van der Waals surface area contributed by atoms with Crippen LogP contribution in [0.3, 0.4) is 0 Å². The summed E-state index contributed by atoms with van der Waals surface area (Å²) in [6.07, 6.45) is 7.15. The highest BCUT2D eigenvalue weighted by Crippen LogP contribution is 2.31. The van der Waals surface area contributed by atoms with Crippen LogP contribution >= 0.6 is 0 Å². The van der Waals surface area contributed by atoms with Gasteiger partial charge in [-0.3, -0.25) is 9.97 Å². The van der Waals surface area contributed by atoms with Crippen LogP contribution in [0.5, 0.6) is 5.75 Å². The number of anilines is 2. The average molecular weight is 379 g/mol. The van der Waals surface area contributed by atoms with E-state index in [4.69, 9.17) is 14.7 Å². The first-order valence-electron chi connectivity index (χ1n) is 9.18. The molecule has 1 N–H and O–H groups in total. The summed E-state index contributed by atoms with van der Waals surface area (Å²) in [7, 11) is 1.65. The van der Waals surface area contributed by atoms with Crippen LogP contribution in [0.25, 0.3) is 33.1 Å². The first-order chi connectivity index (χ1) is 14.3. The molecule has 0 bridgehead atoms. The number of nitrogens with one attached hydrogen (secondary N) is 1. The first-order valence-corrected chi connectivity index (χ1v) is 9.18. The van der Waals surface area contributed by atoms with Gasteiger partial charge in [-0.2, -0.15) is 0 Å². The van der Waals surface area contributed by atoms with Gasteiger partial charge in [0.1, 0.15) is 11.6 Å². The molecule has 6 nitrogen and oxygen atoms in total. The Morgan fingerprint density at radius 2 is 1.76 bits per heavy atom. The summed E-state index contributed by atoms with van der Waals surface area (Å²) in [5.74, 6) is 2.03. The van der Waals surface area contributed by atoms with Gasteiger partial charge in [0.05, 0.1) is 24.5 Å². The molecule has 3 aromatic heterocycles. The fraction of sp³-hybridized carbons (Fsp3) is 0.0435. The maximum atomic E-state index is 5.41. The van der Waals surface area contributed by atoms with E-state index in [-0.39, 0.29) is 0 Å². The Balaban J connectivity index is 1.71. The van der Waals surface area contributed by atoms with Crippen molar-refractivity contribution in [3.05, 3.63) is 79.4 Å². The second-order valence-electron chi connectivity index (χ2n) is 6.55. The van der Waals surface area contributed by atoms with Crippen molar-refractivity contribution in [2.75, 3.05) is 12.4 Å². The van der Waals surface area contributed by atoms with Crippen LogP contribution in [0.1, 0.15) is 0 Å². The largest absolute Gasteiger partial charge is 0.497 e. The highest BCUT2D eigenvalue weighted by molar-refractivity contribution is 5.98. The molecule has 0 fully saturated rings. The van der Waals surface area contributed by atoms with E-state index in [2.05, 4.69) is 21.4 Å². The highest BCUT2D eigenvalue weighted by atomic mass is 16.5. The third kappa shape index (κ3) is 3.21. The SMILES string of the molecule is COc1ccc2nc(-c3cccnc3)nc(Nc3cncc4ccccc34)c2c1. The van der Waals surface area contributed by atoms with Gasteiger partial charge >= 0.3 is 0 Å². The van der Waals surface area contributed by atoms with Gasteiger partial charge in [-0.1, -0.05) is 24.3 Å². The van der Waals surface area contributed by atoms with Gasteiger partial charge in [0.25, 0.3) is 0 Å². The fourth-order valence-electron chi connectivity index (χ4n) is 3.30. The zero-order valence-corrected chi connectivity index (χ0v) is 15.7. The predicted molar refractivity (Wildman–Crippen MR) is 114 cm³/mol. The number of aromatic nitrogens is 4. The monoisotopic (exact) mass is 379 g/mol. The summed E-state index contributed by atoms with van der Waals surface area (Å²) in [6.45, 7) is 0. The summed E-state index contributed by atoms with van der Waals surface area (Å²) in [5, 5.41) is 6.45. The van der Waals surface area contributed by atoms with Crippen molar-refractivity contribution in [1.29, 1.82) is 0 Å². The summed E-state index contributed by atoms with van der Waals surface area (Å²) < 4.78 is 5.41. The molecule has 5 aromatic rings. The normalized spacial score (nSPS) is 10.9. The van der Waals surface area contributed by atoms with Crippen molar-refractivity contribution in [3.8, 4) is 17.1 Å². The Bertz CT molecular complexity index is 1320. The third-order valence-corrected chi connectivity index (χ3v) is 4.74. The molecule has 0 radical (unpaired) electrons. The van der Waals surface area contributed by atoms with Gasteiger partial charge in [-0.25, -0.2) is 9.97 Å². The van der Waals surface area contributed by atoms with Crippen molar-refractivity contribution >= 4 is 33.2 Å². The lowest BCUT2D eigenvalue weighted by atomic mass is 10.1. The number of pyridine rings is 2. The van der Waals surface area contributed by atoms with Gasteiger partial charge in [-0.05, 0) is 30.3 Å². The van der Waals surface area contributed by atoms with Crippen LogP contribution < -0.4 is 10.1 Å². The number of hydrogen-bond acceptors (Lipinski definition) is 6. The van der Waals surface area contributed by atoms with E-state index in [1.54, 1.807) is 25.7 Å². The van der Waals surface area contributed by atoms with Crippen LogP contribution in [-0.2, 0) is 0 Å². The van der Waals surface area contributed by atoms with Crippen molar-refractivity contribution in [2.24, 2.45) is 0 Å². The van der Waals surface area contributed by atoms with Gasteiger partial charge in [0.15, 0.2) is 5.82 Å². The highest BCUT2D eigenvalue weighted by Gasteiger charge is 2.12. The summed E-state index contributed by atoms with van der Waals surface area (Å²) >= 11 is 0. The topological polar surface area (TPSA) is 72.8 Å². The molecule has 140 valence electrons. The number of hydrogen-bond donors (Lipinski definition) is 1. The maximum Gasteiger partial charge on any atom is 0.163 e. The third-order valence-electron chi connectivity index (χ3n) is 4.74. The number of rotatable bonds is 4. The Hall–Kier alpha value is -4.06. The van der Waals surface area contributed by atoms with Crippen LogP contribution in [-0.4, -0.2) is 27.0 Å². The van der Waals surface area contributed by atoms with E-state index in [0.29, 0.717) is 11.6 Å². The van der Waals surface area contributed by atoms with E-state index in [9.17, 15) is 0 Å². The lowest BCUT2D eigenvalue weighted by Crippen LogP contribution is -2.01. The number of methoxy groups -OCH3 is 1. The molecule has 2 aromatic carbocycles. The van der Waals surface area contributed by atoms with Crippen LogP contribution in [0.4, 0.5) is 11.5 Å². The molecular formula is C23H17N5O. The van der Waals surface area contributed by atoms with Crippen molar-refractivity contribution in [1.82, 2.24) is 19.9 Å². The molecule has 5 rings (SSSR count). The molecule has 0 saturated heterocycles. The molecule has 29 heavy (non-hydrogen) atoms. The molecule has 0 aliphatic carbocycles. The molecule has 0 spiro atoms. The lowest BCUT2D eigenvalue weighted by molar-refractivity contribution is 0.415. The van der Waals surface area contributed by atoms with Gasteiger partial charge in [0, 0.05) is 40.3 Å². The first kappa shape index (κ1) is 17.1. The Labute approximate surface area is 167 Å². The minimum atomic E-state index is 0.603. The molecule has 0 aliphatic heterocycles. The zero-order chi connectivity index (χ0) is 19.6. The van der Waals surface area contributed by atoms with Crippen molar-refractivity contribution < 1.29 is 4.74 Å². The molecule has 6 heteroatoms. The van der Waals surface area contributed by atoms with E-state index in [1.165, 1.54) is 0 Å². The summed E-state index contributed by atoms with van der Waals surface area (Å²) in [5.41, 5.74) is 2.54. The number of fused-ring (bicyclic) bond motifs is 2. The van der Waals surface area contributed by atoms with Crippen LogP contribution in [0.2, 0.25) is 0 Å². The van der Waals surface area contributed by atoms with E-state index >= 15 is 0 Å². The van der Waals surface area contributed by atoms with Gasteiger partial charge < -0.3 is 10.1 Å². The molecular weight excluding hydrogens is 362 g/mol. The molecule has 0 atom stereocenters. The van der Waals surface area contributed by atoms with Gasteiger partial charge in [-0.15, -0.1) is 0 Å². The fourth-order valence-corrected chi connectivity index (χ4v) is 3.30. The average Bonchev–Trinajstić information content (AvgIpc) is 2.79. The van der Waals surface area contributed by atoms with Crippen LogP contribution in [0, 0.1) is 0 Å². The Kier molecular flexibility index (Phi) is 4.22. The summed E-state index contributed by atoms with van der Waals surface area (Å²) in [6, 6.07) is 17.7. The summed E-state index contributed by atoms with van der Waals surface area (Å²) in [4.78, 5) is 18.1. The predicted octanol–water partition coefficient (Wildman–Crippen LogP) is 4.99. The van der Waals surface area contributed by atoms with E-state index < -0.39 is 0 Å². The van der Waals surface area contributed by atoms with Crippen molar-refractivity contribution in [3.63, 3.8) is 0 Å². The zero-order valence-electron chi connectivity index (χ0n) is 15.7. The smallest absolute Gasteiger partial charge is 0.163 e. The second kappa shape index (κ2) is 7.16. The maximum absolute atomic E-state index is 5.41. The van der Waals surface area contributed by atoms with Crippen LogP contribution in [0.15, 0.2) is 79.4 Å². The molecule has 0 aliphatic rings. The molecule has 3 heterocycles. The number of benzene rings is 2. The quantitative estimate of drug-likeness (QED) is 0.474. The van der Waals surface area contributed by atoms with Crippen molar-refractivity contribution in [2.45, 2.75) is 0 Å². The number of ether oxygens (including phenoxy) is 1. The molecule has 0 amide bonds. The lowest BCUT2D eigenvalue weighted by Gasteiger charge is -2.13. The minimum Gasteiger partial charge on any atom is -0.497 e. The Morgan fingerprint density at radius 3 is 2.62 bits per heavy atom. The van der Waals surface area contributed by atoms with E-state index in [1.807, 2.05) is 54.7 Å². The molecule has 0 unspecified atom stereocenters. The van der Waals surface area contributed by atoms with E-state index in [0.717, 1.165) is 38.7 Å². The molecule has 0 saturated carbocycles. The second-order valence-corrected chi connectivity index (χ2v) is 6.55. The number of nitrogens with zero attached hydrogens (tertiary/aromatic N) is 4. The minimum absolute atomic E-state index is 0.603.